The molecule has 22 heavy (non-hydrogen) atoms. The molecule has 4 fully saturated rings. The minimum absolute atomic E-state index is 0. The average molecular weight is 354 g/mol. The van der Waals surface area contributed by atoms with Crippen LogP contribution in [0.4, 0.5) is 0 Å². The van der Waals surface area contributed by atoms with E-state index in [9.17, 15) is 4.79 Å². The number of piperidine rings is 1. The second kappa shape index (κ2) is 9.93. The number of halogens is 2. The zero-order valence-corrected chi connectivity index (χ0v) is 14.8. The fraction of sp³-hybridized carbons (Fsp3) is 0.933. The van der Waals surface area contributed by atoms with E-state index in [0.717, 1.165) is 58.9 Å². The summed E-state index contributed by atoms with van der Waals surface area (Å²) in [6.45, 7) is 7.83. The SMILES string of the molecule is Cl.Cl.O=C(CCCN1CCOCC1)N1C[C@@H]2CC[C@H]1CNC2. The lowest BCUT2D eigenvalue weighted by Crippen LogP contribution is -2.47. The maximum Gasteiger partial charge on any atom is 0.222 e. The van der Waals surface area contributed by atoms with Crippen molar-refractivity contribution in [2.45, 2.75) is 31.7 Å². The maximum atomic E-state index is 12.4. The first kappa shape index (κ1) is 20.0. The van der Waals surface area contributed by atoms with E-state index in [0.29, 0.717) is 24.3 Å². The Bertz CT molecular complexity index is 337. The number of nitrogens with zero attached hydrogens (tertiary/aromatic N) is 2. The summed E-state index contributed by atoms with van der Waals surface area (Å²) < 4.78 is 5.35. The van der Waals surface area contributed by atoms with Crippen LogP contribution in [0.3, 0.4) is 0 Å². The molecule has 2 bridgehead atoms. The van der Waals surface area contributed by atoms with Crippen LogP contribution in [0.1, 0.15) is 25.7 Å². The molecule has 0 aliphatic carbocycles. The van der Waals surface area contributed by atoms with Crippen LogP contribution in [0.2, 0.25) is 0 Å². The molecule has 0 aromatic heterocycles. The van der Waals surface area contributed by atoms with Gasteiger partial charge in [0.05, 0.1) is 13.2 Å². The number of morpholine rings is 1. The Kier molecular flexibility index (Phi) is 9.02. The summed E-state index contributed by atoms with van der Waals surface area (Å²) in [5.74, 6) is 1.05. The second-order valence-electron chi connectivity index (χ2n) is 6.36. The number of carbonyl (C=O) groups excluding carboxylic acids is 1. The lowest BCUT2D eigenvalue weighted by molar-refractivity contribution is -0.135. The van der Waals surface area contributed by atoms with Gasteiger partial charge in [-0.15, -0.1) is 24.8 Å². The Morgan fingerprint density at radius 1 is 1.14 bits per heavy atom. The van der Waals surface area contributed by atoms with Gasteiger partial charge in [-0.2, -0.15) is 0 Å². The van der Waals surface area contributed by atoms with Gasteiger partial charge in [0.2, 0.25) is 5.91 Å². The summed E-state index contributed by atoms with van der Waals surface area (Å²) in [6, 6.07) is 0.449. The van der Waals surface area contributed by atoms with Crippen LogP contribution in [0.25, 0.3) is 0 Å². The smallest absolute Gasteiger partial charge is 0.222 e. The number of carbonyl (C=O) groups is 1. The molecular weight excluding hydrogens is 325 g/mol. The van der Waals surface area contributed by atoms with Gasteiger partial charge in [0.15, 0.2) is 0 Å². The van der Waals surface area contributed by atoms with Crippen molar-refractivity contribution >= 4 is 30.7 Å². The Labute approximate surface area is 145 Å². The van der Waals surface area contributed by atoms with Gasteiger partial charge in [0.1, 0.15) is 0 Å². The normalized spacial score (nSPS) is 28.5. The van der Waals surface area contributed by atoms with Crippen LogP contribution in [0, 0.1) is 5.92 Å². The minimum atomic E-state index is 0. The van der Waals surface area contributed by atoms with Gasteiger partial charge in [-0.25, -0.2) is 0 Å². The molecule has 0 spiro atoms. The van der Waals surface area contributed by atoms with E-state index in [-0.39, 0.29) is 24.8 Å². The van der Waals surface area contributed by atoms with E-state index in [2.05, 4.69) is 15.1 Å². The van der Waals surface area contributed by atoms with Crippen LogP contribution >= 0.6 is 24.8 Å². The molecule has 4 aliphatic rings. The van der Waals surface area contributed by atoms with Crippen molar-refractivity contribution in [3.63, 3.8) is 0 Å². The zero-order chi connectivity index (χ0) is 13.8. The predicted molar refractivity (Wildman–Crippen MR) is 92.1 cm³/mol. The third kappa shape index (κ3) is 5.24. The van der Waals surface area contributed by atoms with Gasteiger partial charge >= 0.3 is 0 Å². The summed E-state index contributed by atoms with van der Waals surface area (Å²) in [5, 5.41) is 3.49. The minimum Gasteiger partial charge on any atom is -0.379 e. The number of rotatable bonds is 4. The molecule has 4 aliphatic heterocycles. The topological polar surface area (TPSA) is 44.8 Å². The van der Waals surface area contributed by atoms with Gasteiger partial charge < -0.3 is 15.0 Å². The number of nitrogens with one attached hydrogen (secondary N) is 1. The number of fused-ring (bicyclic) bond motifs is 4. The Morgan fingerprint density at radius 3 is 2.68 bits per heavy atom. The molecule has 0 unspecified atom stereocenters. The van der Waals surface area contributed by atoms with Crippen molar-refractivity contribution in [3.8, 4) is 0 Å². The zero-order valence-electron chi connectivity index (χ0n) is 13.2. The highest BCUT2D eigenvalue weighted by atomic mass is 35.5. The molecule has 0 radical (unpaired) electrons. The molecule has 0 saturated carbocycles. The highest BCUT2D eigenvalue weighted by molar-refractivity contribution is 5.85. The first-order valence-electron chi connectivity index (χ1n) is 8.13. The van der Waals surface area contributed by atoms with Crippen molar-refractivity contribution in [1.82, 2.24) is 15.1 Å². The molecule has 5 nitrogen and oxygen atoms in total. The lowest BCUT2D eigenvalue weighted by Gasteiger charge is -2.36. The summed E-state index contributed by atoms with van der Waals surface area (Å²) in [6.07, 6.45) is 4.17. The fourth-order valence-electron chi connectivity index (χ4n) is 3.66. The summed E-state index contributed by atoms with van der Waals surface area (Å²) in [4.78, 5) is 17.0. The fourth-order valence-corrected chi connectivity index (χ4v) is 3.66. The third-order valence-corrected chi connectivity index (χ3v) is 4.91. The Balaban J connectivity index is 0.00000121. The van der Waals surface area contributed by atoms with E-state index in [4.69, 9.17) is 4.74 Å². The number of amides is 1. The van der Waals surface area contributed by atoms with E-state index in [1.807, 2.05) is 0 Å². The molecule has 130 valence electrons. The van der Waals surface area contributed by atoms with Gasteiger partial charge in [-0.3, -0.25) is 9.69 Å². The molecule has 4 saturated heterocycles. The predicted octanol–water partition coefficient (Wildman–Crippen LogP) is 1.15. The van der Waals surface area contributed by atoms with Crippen molar-refractivity contribution in [3.05, 3.63) is 0 Å². The van der Waals surface area contributed by atoms with Crippen molar-refractivity contribution in [2.24, 2.45) is 5.92 Å². The molecule has 7 heteroatoms. The highest BCUT2D eigenvalue weighted by Crippen LogP contribution is 2.25. The van der Waals surface area contributed by atoms with Gasteiger partial charge in [0.25, 0.3) is 0 Å². The highest BCUT2D eigenvalue weighted by Gasteiger charge is 2.33. The summed E-state index contributed by atoms with van der Waals surface area (Å²) in [5.41, 5.74) is 0. The average Bonchev–Trinajstić information content (AvgIpc) is 2.83. The molecular formula is C15H29Cl2N3O2. The monoisotopic (exact) mass is 353 g/mol. The van der Waals surface area contributed by atoms with Crippen LogP contribution in [0.15, 0.2) is 0 Å². The number of hydrogen-bond acceptors (Lipinski definition) is 4. The molecule has 4 rings (SSSR count). The van der Waals surface area contributed by atoms with E-state index >= 15 is 0 Å². The van der Waals surface area contributed by atoms with Crippen molar-refractivity contribution < 1.29 is 9.53 Å². The van der Waals surface area contributed by atoms with Crippen molar-refractivity contribution in [2.75, 3.05) is 52.5 Å². The molecule has 0 aromatic carbocycles. The van der Waals surface area contributed by atoms with Crippen LogP contribution in [0.5, 0.6) is 0 Å². The number of ether oxygens (including phenoxy) is 1. The van der Waals surface area contributed by atoms with E-state index in [1.54, 1.807) is 0 Å². The van der Waals surface area contributed by atoms with Crippen LogP contribution < -0.4 is 5.32 Å². The summed E-state index contributed by atoms with van der Waals surface area (Å²) in [7, 11) is 0. The van der Waals surface area contributed by atoms with Gasteiger partial charge in [0, 0.05) is 38.6 Å². The molecule has 0 aromatic rings. The Morgan fingerprint density at radius 2 is 1.91 bits per heavy atom. The van der Waals surface area contributed by atoms with Crippen molar-refractivity contribution in [1.29, 1.82) is 0 Å². The van der Waals surface area contributed by atoms with Crippen LogP contribution in [-0.2, 0) is 9.53 Å². The maximum absolute atomic E-state index is 12.4. The molecule has 4 heterocycles. The standard InChI is InChI=1S/C15H27N3O2.2ClH/c19-15(2-1-5-17-6-8-20-9-7-17)18-12-13-3-4-14(18)11-16-10-13;;/h13-14,16H,1-12H2;2*1H/t13-,14+;;/m1../s1. The first-order valence-corrected chi connectivity index (χ1v) is 8.13. The summed E-state index contributed by atoms with van der Waals surface area (Å²) >= 11 is 0. The second-order valence-corrected chi connectivity index (χ2v) is 6.36. The molecule has 1 amide bonds. The Hall–Kier alpha value is -0.0700. The quantitative estimate of drug-likeness (QED) is 0.823. The van der Waals surface area contributed by atoms with Gasteiger partial charge in [-0.05, 0) is 38.3 Å². The van der Waals surface area contributed by atoms with Crippen LogP contribution in [-0.4, -0.2) is 74.2 Å². The largest absolute Gasteiger partial charge is 0.379 e. The molecule has 2 atom stereocenters. The lowest BCUT2D eigenvalue weighted by atomic mass is 9.94. The molecule has 1 N–H and O–H groups in total. The van der Waals surface area contributed by atoms with Gasteiger partial charge in [-0.1, -0.05) is 0 Å². The number of hydrogen-bond donors (Lipinski definition) is 1. The third-order valence-electron chi connectivity index (χ3n) is 4.91. The first-order chi connectivity index (χ1) is 9.83. The van der Waals surface area contributed by atoms with E-state index < -0.39 is 0 Å². The van der Waals surface area contributed by atoms with E-state index in [1.165, 1.54) is 12.8 Å².